The number of hydrogen-bond donors (Lipinski definition) is 0. The van der Waals surface area contributed by atoms with Crippen molar-refractivity contribution in [3.05, 3.63) is 35.9 Å². The third-order valence-corrected chi connectivity index (χ3v) is 6.70. The molecule has 0 aromatic heterocycles. The van der Waals surface area contributed by atoms with Gasteiger partial charge in [-0.25, -0.2) is 0 Å². The average Bonchev–Trinajstić information content (AvgIpc) is 3.33. The number of carbonyl (C=O) groups excluding carboxylic acids is 1. The molecule has 2 saturated carbocycles. The highest BCUT2D eigenvalue weighted by Crippen LogP contribution is 2.65. The zero-order chi connectivity index (χ0) is 16.6. The van der Waals surface area contributed by atoms with Gasteiger partial charge in [0.25, 0.3) is 0 Å². The van der Waals surface area contributed by atoms with Gasteiger partial charge in [0.2, 0.25) is 5.91 Å². The molecule has 0 N–H and O–H groups in total. The van der Waals surface area contributed by atoms with Crippen LogP contribution in [0.5, 0.6) is 0 Å². The molecule has 3 aliphatic rings. The van der Waals surface area contributed by atoms with Crippen molar-refractivity contribution in [3.63, 3.8) is 0 Å². The Morgan fingerprint density at radius 2 is 1.92 bits per heavy atom. The summed E-state index contributed by atoms with van der Waals surface area (Å²) in [5.74, 6) is 1.48. The van der Waals surface area contributed by atoms with Gasteiger partial charge in [0, 0.05) is 26.1 Å². The first-order valence-corrected chi connectivity index (χ1v) is 9.68. The molecule has 2 aliphatic carbocycles. The minimum atomic E-state index is 0.370. The van der Waals surface area contributed by atoms with E-state index in [1.165, 1.54) is 44.1 Å². The summed E-state index contributed by atoms with van der Waals surface area (Å²) in [5.41, 5.74) is 1.87. The van der Waals surface area contributed by atoms with Crippen molar-refractivity contribution in [2.24, 2.45) is 17.3 Å². The SMILES string of the molecule is CN(CC1CCN(Cc2ccccc2)CC1)C(=O)[C@@H]1CC12CCC2. The largest absolute Gasteiger partial charge is 0.345 e. The zero-order valence-electron chi connectivity index (χ0n) is 14.9. The number of piperidine rings is 1. The highest BCUT2D eigenvalue weighted by Gasteiger charge is 2.61. The topological polar surface area (TPSA) is 23.6 Å². The molecule has 1 aliphatic heterocycles. The van der Waals surface area contributed by atoms with Gasteiger partial charge < -0.3 is 4.90 Å². The van der Waals surface area contributed by atoms with Gasteiger partial charge in [-0.05, 0) is 62.1 Å². The first-order chi connectivity index (χ1) is 11.7. The molecular weight excluding hydrogens is 296 g/mol. The molecule has 3 heteroatoms. The molecule has 1 heterocycles. The lowest BCUT2D eigenvalue weighted by atomic mass is 9.79. The quantitative estimate of drug-likeness (QED) is 0.826. The van der Waals surface area contributed by atoms with E-state index in [4.69, 9.17) is 0 Å². The molecule has 1 saturated heterocycles. The van der Waals surface area contributed by atoms with Gasteiger partial charge in [0.15, 0.2) is 0 Å². The van der Waals surface area contributed by atoms with Gasteiger partial charge in [-0.3, -0.25) is 9.69 Å². The molecule has 1 spiro atoms. The smallest absolute Gasteiger partial charge is 0.226 e. The predicted octanol–water partition coefficient (Wildman–Crippen LogP) is 3.55. The van der Waals surface area contributed by atoms with E-state index in [0.717, 1.165) is 26.2 Å². The van der Waals surface area contributed by atoms with Crippen LogP contribution in [0.2, 0.25) is 0 Å². The summed E-state index contributed by atoms with van der Waals surface area (Å²) < 4.78 is 0. The fourth-order valence-corrected chi connectivity index (χ4v) is 4.79. The van der Waals surface area contributed by atoms with Crippen LogP contribution >= 0.6 is 0 Å². The second-order valence-corrected chi connectivity index (χ2v) is 8.40. The van der Waals surface area contributed by atoms with Gasteiger partial charge in [-0.2, -0.15) is 0 Å². The van der Waals surface area contributed by atoms with Gasteiger partial charge in [0.1, 0.15) is 0 Å². The Labute approximate surface area is 146 Å². The van der Waals surface area contributed by atoms with E-state index in [0.29, 0.717) is 23.2 Å². The second-order valence-electron chi connectivity index (χ2n) is 8.40. The molecule has 3 fully saturated rings. The molecule has 3 nitrogen and oxygen atoms in total. The highest BCUT2D eigenvalue weighted by molar-refractivity contribution is 5.82. The summed E-state index contributed by atoms with van der Waals surface area (Å²) in [6.07, 6.45) is 7.56. The standard InChI is InChI=1S/C21H30N2O/c1-22(20(24)19-14-21(19)10-5-11-21)15-18-8-12-23(13-9-18)16-17-6-3-2-4-7-17/h2-4,6-7,18-19H,5,8-16H2,1H3/t19-/m0/s1. The van der Waals surface area contributed by atoms with Crippen molar-refractivity contribution < 1.29 is 4.79 Å². The Morgan fingerprint density at radius 1 is 1.21 bits per heavy atom. The summed E-state index contributed by atoms with van der Waals surface area (Å²) >= 11 is 0. The summed E-state index contributed by atoms with van der Waals surface area (Å²) in [5, 5.41) is 0. The van der Waals surface area contributed by atoms with Crippen LogP contribution in [-0.4, -0.2) is 42.4 Å². The van der Waals surface area contributed by atoms with Gasteiger partial charge in [-0.1, -0.05) is 36.8 Å². The molecule has 0 bridgehead atoms. The Morgan fingerprint density at radius 3 is 2.50 bits per heavy atom. The van der Waals surface area contributed by atoms with E-state index >= 15 is 0 Å². The number of benzene rings is 1. The maximum atomic E-state index is 12.6. The van der Waals surface area contributed by atoms with Crippen molar-refractivity contribution in [2.75, 3.05) is 26.7 Å². The second kappa shape index (κ2) is 6.51. The molecule has 130 valence electrons. The molecule has 1 aromatic rings. The molecular formula is C21H30N2O. The highest BCUT2D eigenvalue weighted by atomic mass is 16.2. The van der Waals surface area contributed by atoms with E-state index < -0.39 is 0 Å². The molecule has 1 aromatic carbocycles. The van der Waals surface area contributed by atoms with Crippen molar-refractivity contribution >= 4 is 5.91 Å². The van der Waals surface area contributed by atoms with Crippen LogP contribution in [0.3, 0.4) is 0 Å². The van der Waals surface area contributed by atoms with Crippen molar-refractivity contribution in [2.45, 2.75) is 45.1 Å². The Bertz CT molecular complexity index is 573. The van der Waals surface area contributed by atoms with Crippen LogP contribution in [0.25, 0.3) is 0 Å². The maximum Gasteiger partial charge on any atom is 0.226 e. The van der Waals surface area contributed by atoms with E-state index in [2.05, 4.69) is 40.1 Å². The summed E-state index contributed by atoms with van der Waals surface area (Å²) in [7, 11) is 2.03. The normalized spacial score (nSPS) is 26.1. The summed E-state index contributed by atoms with van der Waals surface area (Å²) in [6.45, 7) is 4.35. The fourth-order valence-electron chi connectivity index (χ4n) is 4.79. The van der Waals surface area contributed by atoms with Gasteiger partial charge in [0.05, 0.1) is 0 Å². The molecule has 0 radical (unpaired) electrons. The van der Waals surface area contributed by atoms with Crippen LogP contribution in [0.4, 0.5) is 0 Å². The number of likely N-dealkylation sites (tertiary alicyclic amines) is 1. The number of rotatable bonds is 5. The minimum Gasteiger partial charge on any atom is -0.345 e. The van der Waals surface area contributed by atoms with Gasteiger partial charge in [-0.15, -0.1) is 0 Å². The minimum absolute atomic E-state index is 0.370. The number of amides is 1. The molecule has 4 rings (SSSR count). The predicted molar refractivity (Wildman–Crippen MR) is 96.5 cm³/mol. The first kappa shape index (κ1) is 16.1. The maximum absolute atomic E-state index is 12.6. The van der Waals surface area contributed by atoms with Crippen LogP contribution in [0.15, 0.2) is 30.3 Å². The lowest BCUT2D eigenvalue weighted by molar-refractivity contribution is -0.133. The summed E-state index contributed by atoms with van der Waals surface area (Å²) in [4.78, 5) is 17.2. The average molecular weight is 326 g/mol. The lowest BCUT2D eigenvalue weighted by Crippen LogP contribution is -2.40. The molecule has 0 unspecified atom stereocenters. The molecule has 1 amide bonds. The van der Waals surface area contributed by atoms with Crippen molar-refractivity contribution in [1.82, 2.24) is 9.80 Å². The van der Waals surface area contributed by atoms with Crippen LogP contribution in [-0.2, 0) is 11.3 Å². The first-order valence-electron chi connectivity index (χ1n) is 9.68. The Kier molecular flexibility index (Phi) is 4.38. The number of nitrogens with zero attached hydrogens (tertiary/aromatic N) is 2. The third-order valence-electron chi connectivity index (χ3n) is 6.70. The molecule has 1 atom stereocenters. The fraction of sp³-hybridized carbons (Fsp3) is 0.667. The monoisotopic (exact) mass is 326 g/mol. The lowest BCUT2D eigenvalue weighted by Gasteiger charge is -2.34. The Hall–Kier alpha value is -1.35. The summed E-state index contributed by atoms with van der Waals surface area (Å²) in [6, 6.07) is 10.7. The molecule has 24 heavy (non-hydrogen) atoms. The van der Waals surface area contributed by atoms with Crippen molar-refractivity contribution in [1.29, 1.82) is 0 Å². The van der Waals surface area contributed by atoms with E-state index in [9.17, 15) is 4.79 Å². The number of carbonyl (C=O) groups is 1. The Balaban J connectivity index is 1.21. The van der Waals surface area contributed by atoms with Crippen LogP contribution < -0.4 is 0 Å². The van der Waals surface area contributed by atoms with E-state index in [1.54, 1.807) is 0 Å². The van der Waals surface area contributed by atoms with Crippen molar-refractivity contribution in [3.8, 4) is 0 Å². The van der Waals surface area contributed by atoms with Gasteiger partial charge >= 0.3 is 0 Å². The third kappa shape index (κ3) is 3.23. The number of hydrogen-bond acceptors (Lipinski definition) is 2. The van der Waals surface area contributed by atoms with Crippen LogP contribution in [0, 0.1) is 17.3 Å². The van der Waals surface area contributed by atoms with E-state index in [-0.39, 0.29) is 0 Å². The zero-order valence-corrected chi connectivity index (χ0v) is 14.9. The van der Waals surface area contributed by atoms with Crippen LogP contribution in [0.1, 0.15) is 44.1 Å². The van der Waals surface area contributed by atoms with E-state index in [1.807, 2.05) is 7.05 Å².